The molecule has 0 radical (unpaired) electrons. The predicted octanol–water partition coefficient (Wildman–Crippen LogP) is 0.351. The third kappa shape index (κ3) is 3.01. The van der Waals surface area contributed by atoms with Crippen molar-refractivity contribution in [2.24, 2.45) is 0 Å². The molecular weight excluding hydrogens is 186 g/mol. The maximum atomic E-state index is 11.1. The molecule has 0 aromatic carbocycles. The molecule has 1 aliphatic heterocycles. The van der Waals surface area contributed by atoms with Gasteiger partial charge in [-0.1, -0.05) is 6.08 Å². The van der Waals surface area contributed by atoms with E-state index in [-0.39, 0.29) is 0 Å². The molecule has 1 rings (SSSR count). The summed E-state index contributed by atoms with van der Waals surface area (Å²) in [5.74, 6) is 0. The van der Waals surface area contributed by atoms with E-state index in [2.05, 4.69) is 4.74 Å². The molecule has 5 nitrogen and oxygen atoms in total. The predicted molar refractivity (Wildman–Crippen MR) is 49.7 cm³/mol. The zero-order valence-corrected chi connectivity index (χ0v) is 8.23. The Bertz CT molecular complexity index is 227. The highest BCUT2D eigenvalue weighted by atomic mass is 16.6. The Balaban J connectivity index is 2.38. The molecule has 1 N–H and O–H groups in total. The van der Waals surface area contributed by atoms with Crippen LogP contribution >= 0.6 is 0 Å². The molecule has 1 aliphatic rings. The minimum Gasteiger partial charge on any atom is -0.422 e. The van der Waals surface area contributed by atoms with E-state index in [9.17, 15) is 4.79 Å². The fourth-order valence-corrected chi connectivity index (χ4v) is 1.34. The first-order chi connectivity index (χ1) is 6.77. The Morgan fingerprint density at radius 1 is 1.71 bits per heavy atom. The van der Waals surface area contributed by atoms with E-state index in [4.69, 9.17) is 9.84 Å². The van der Waals surface area contributed by atoms with Gasteiger partial charge in [-0.15, -0.1) is 0 Å². The normalized spacial score (nSPS) is 16.4. The summed E-state index contributed by atoms with van der Waals surface area (Å²) >= 11 is 0. The molecule has 0 fully saturated rings. The molecule has 0 aromatic rings. The van der Waals surface area contributed by atoms with Gasteiger partial charge in [0.15, 0.2) is 6.79 Å². The summed E-state index contributed by atoms with van der Waals surface area (Å²) < 4.78 is 9.44. The second-order valence-electron chi connectivity index (χ2n) is 3.03. The lowest BCUT2D eigenvalue weighted by Gasteiger charge is -2.25. The Kier molecular flexibility index (Phi) is 4.42. The number of rotatable bonds is 3. The van der Waals surface area contributed by atoms with Crippen LogP contribution in [0, 0.1) is 0 Å². The number of carbonyl (C=O) groups excluding carboxylic acids is 1. The maximum Gasteiger partial charge on any atom is 0.412 e. The van der Waals surface area contributed by atoms with E-state index in [0.717, 1.165) is 6.42 Å². The number of methoxy groups -OCH3 is 1. The molecule has 0 aromatic heterocycles. The van der Waals surface area contributed by atoms with Crippen molar-refractivity contribution in [3.05, 3.63) is 11.6 Å². The van der Waals surface area contributed by atoms with Crippen LogP contribution in [0.25, 0.3) is 0 Å². The van der Waals surface area contributed by atoms with Crippen molar-refractivity contribution in [2.75, 3.05) is 33.6 Å². The quantitative estimate of drug-likeness (QED) is 0.528. The van der Waals surface area contributed by atoms with Crippen molar-refractivity contribution in [1.82, 2.24) is 4.90 Å². The third-order valence-corrected chi connectivity index (χ3v) is 2.08. The summed E-state index contributed by atoms with van der Waals surface area (Å²) in [5.41, 5.74) is 1.19. The topological polar surface area (TPSA) is 59.0 Å². The first kappa shape index (κ1) is 11.0. The molecule has 0 aliphatic carbocycles. The van der Waals surface area contributed by atoms with Crippen molar-refractivity contribution < 1.29 is 19.4 Å². The Labute approximate surface area is 82.9 Å². The Hall–Kier alpha value is -1.07. The number of nitrogens with zero attached hydrogens (tertiary/aromatic N) is 1. The van der Waals surface area contributed by atoms with Gasteiger partial charge in [-0.25, -0.2) is 4.79 Å². The molecule has 1 amide bonds. The second kappa shape index (κ2) is 5.62. The van der Waals surface area contributed by atoms with Crippen LogP contribution in [0.5, 0.6) is 0 Å². The summed E-state index contributed by atoms with van der Waals surface area (Å²) in [6, 6.07) is 0. The first-order valence-corrected chi connectivity index (χ1v) is 4.47. The third-order valence-electron chi connectivity index (χ3n) is 2.08. The highest BCUT2D eigenvalue weighted by Gasteiger charge is 2.17. The highest BCUT2D eigenvalue weighted by molar-refractivity contribution is 5.68. The average molecular weight is 201 g/mol. The van der Waals surface area contributed by atoms with Crippen molar-refractivity contribution >= 4 is 6.09 Å². The fraction of sp³-hybridized carbons (Fsp3) is 0.667. The van der Waals surface area contributed by atoms with Crippen molar-refractivity contribution in [2.45, 2.75) is 6.42 Å². The molecule has 0 spiro atoms. The maximum absolute atomic E-state index is 11.1. The number of ether oxygens (including phenoxy) is 2. The largest absolute Gasteiger partial charge is 0.422 e. The van der Waals surface area contributed by atoms with E-state index < -0.39 is 12.9 Å². The van der Waals surface area contributed by atoms with E-state index >= 15 is 0 Å². The van der Waals surface area contributed by atoms with Crippen LogP contribution in [-0.4, -0.2) is 49.7 Å². The van der Waals surface area contributed by atoms with Gasteiger partial charge in [0, 0.05) is 20.2 Å². The molecule has 0 atom stereocenters. The molecular formula is C9H15NO4. The van der Waals surface area contributed by atoms with E-state index in [0.29, 0.717) is 19.7 Å². The Morgan fingerprint density at radius 3 is 3.00 bits per heavy atom. The van der Waals surface area contributed by atoms with Crippen LogP contribution in [0.1, 0.15) is 6.42 Å². The van der Waals surface area contributed by atoms with E-state index in [1.54, 1.807) is 7.11 Å². The lowest BCUT2D eigenvalue weighted by atomic mass is 10.1. The SMILES string of the molecule is COCC1=CCN(C(=O)OCO)CC1. The Morgan fingerprint density at radius 2 is 2.50 bits per heavy atom. The first-order valence-electron chi connectivity index (χ1n) is 4.47. The summed E-state index contributed by atoms with van der Waals surface area (Å²) in [6.07, 6.45) is 2.28. The van der Waals surface area contributed by atoms with Crippen molar-refractivity contribution in [3.8, 4) is 0 Å². The number of aliphatic hydroxyl groups excluding tert-OH is 1. The summed E-state index contributed by atoms with van der Waals surface area (Å²) in [6.45, 7) is 1.19. The van der Waals surface area contributed by atoms with Crippen LogP contribution in [0.2, 0.25) is 0 Å². The molecule has 1 heterocycles. The van der Waals surface area contributed by atoms with Crippen LogP contribution in [-0.2, 0) is 9.47 Å². The van der Waals surface area contributed by atoms with Gasteiger partial charge in [0.2, 0.25) is 0 Å². The smallest absolute Gasteiger partial charge is 0.412 e. The molecule has 0 saturated heterocycles. The number of hydrogen-bond acceptors (Lipinski definition) is 4. The lowest BCUT2D eigenvalue weighted by molar-refractivity contribution is 0.0232. The van der Waals surface area contributed by atoms with Gasteiger partial charge in [0.05, 0.1) is 6.61 Å². The van der Waals surface area contributed by atoms with E-state index in [1.165, 1.54) is 10.5 Å². The summed E-state index contributed by atoms with van der Waals surface area (Å²) in [7, 11) is 1.65. The minimum atomic E-state index is -0.566. The molecule has 0 saturated carbocycles. The lowest BCUT2D eigenvalue weighted by Crippen LogP contribution is -2.35. The second-order valence-corrected chi connectivity index (χ2v) is 3.03. The number of amides is 1. The highest BCUT2D eigenvalue weighted by Crippen LogP contribution is 2.11. The van der Waals surface area contributed by atoms with Gasteiger partial charge in [-0.3, -0.25) is 0 Å². The van der Waals surface area contributed by atoms with Crippen LogP contribution < -0.4 is 0 Å². The van der Waals surface area contributed by atoms with Gasteiger partial charge in [0.25, 0.3) is 0 Å². The number of aliphatic hydroxyl groups is 1. The van der Waals surface area contributed by atoms with Gasteiger partial charge in [-0.2, -0.15) is 0 Å². The zero-order valence-electron chi connectivity index (χ0n) is 8.23. The van der Waals surface area contributed by atoms with Crippen LogP contribution in [0.3, 0.4) is 0 Å². The molecule has 5 heteroatoms. The van der Waals surface area contributed by atoms with Gasteiger partial charge >= 0.3 is 6.09 Å². The monoisotopic (exact) mass is 201 g/mol. The zero-order chi connectivity index (χ0) is 10.4. The van der Waals surface area contributed by atoms with Gasteiger partial charge in [0.1, 0.15) is 0 Å². The minimum absolute atomic E-state index is 0.472. The van der Waals surface area contributed by atoms with Crippen molar-refractivity contribution in [3.63, 3.8) is 0 Å². The summed E-state index contributed by atoms with van der Waals surface area (Å²) in [5, 5.41) is 8.40. The molecule has 80 valence electrons. The van der Waals surface area contributed by atoms with Gasteiger partial charge in [-0.05, 0) is 12.0 Å². The van der Waals surface area contributed by atoms with Crippen LogP contribution in [0.15, 0.2) is 11.6 Å². The number of carbonyl (C=O) groups is 1. The number of hydrogen-bond donors (Lipinski definition) is 1. The molecule has 0 bridgehead atoms. The van der Waals surface area contributed by atoms with Crippen molar-refractivity contribution in [1.29, 1.82) is 0 Å². The van der Waals surface area contributed by atoms with E-state index in [1.807, 2.05) is 6.08 Å². The van der Waals surface area contributed by atoms with Crippen LogP contribution in [0.4, 0.5) is 4.79 Å². The average Bonchev–Trinajstić information content (AvgIpc) is 2.20. The summed E-state index contributed by atoms with van der Waals surface area (Å²) in [4.78, 5) is 12.7. The van der Waals surface area contributed by atoms with Gasteiger partial charge < -0.3 is 19.5 Å². The standard InChI is InChI=1S/C9H15NO4/c1-13-6-8-2-4-10(5-3-8)9(12)14-7-11/h2,11H,3-7H2,1H3. The molecule has 14 heavy (non-hydrogen) atoms. The fourth-order valence-electron chi connectivity index (χ4n) is 1.34. The molecule has 0 unspecified atom stereocenters.